The van der Waals surface area contributed by atoms with Crippen LogP contribution >= 0.6 is 0 Å². The van der Waals surface area contributed by atoms with Crippen molar-refractivity contribution in [1.82, 2.24) is 9.62 Å². The summed E-state index contributed by atoms with van der Waals surface area (Å²) in [6.45, 7) is 0.444. The van der Waals surface area contributed by atoms with Gasteiger partial charge in [0.15, 0.2) is 0 Å². The highest BCUT2D eigenvalue weighted by atomic mass is 32.2. The van der Waals surface area contributed by atoms with E-state index in [4.69, 9.17) is 14.6 Å². The third-order valence-electron chi connectivity index (χ3n) is 4.15. The van der Waals surface area contributed by atoms with Crippen LogP contribution in [0.4, 0.5) is 0 Å². The molecule has 2 N–H and O–H groups in total. The summed E-state index contributed by atoms with van der Waals surface area (Å²) in [5.74, 6) is -0.0421. The summed E-state index contributed by atoms with van der Waals surface area (Å²) in [4.78, 5) is 12.1. The maximum Gasteiger partial charge on any atom is 0.246 e. The zero-order valence-corrected chi connectivity index (χ0v) is 15.2. The van der Waals surface area contributed by atoms with E-state index in [1.807, 2.05) is 0 Å². The first-order chi connectivity index (χ1) is 11.9. The van der Waals surface area contributed by atoms with Crippen LogP contribution in [0, 0.1) is 5.92 Å². The number of aliphatic hydroxyl groups excluding tert-OH is 1. The fourth-order valence-corrected chi connectivity index (χ4v) is 4.52. The maximum absolute atomic E-state index is 13.0. The Labute approximate surface area is 147 Å². The van der Waals surface area contributed by atoms with E-state index in [0.29, 0.717) is 25.1 Å². The number of aliphatic hydroxyl groups is 1. The zero-order valence-electron chi connectivity index (χ0n) is 14.4. The number of hydrogen-bond acceptors (Lipinski definition) is 6. The van der Waals surface area contributed by atoms with Gasteiger partial charge in [-0.15, -0.1) is 0 Å². The lowest BCUT2D eigenvalue weighted by atomic mass is 9.99. The second kappa shape index (κ2) is 8.50. The number of hydrogen-bond donors (Lipinski definition) is 2. The average molecular weight is 372 g/mol. The highest BCUT2D eigenvalue weighted by molar-refractivity contribution is 7.89. The molecule has 0 unspecified atom stereocenters. The Morgan fingerprint density at radius 3 is 2.76 bits per heavy atom. The van der Waals surface area contributed by atoms with Crippen molar-refractivity contribution in [3.63, 3.8) is 0 Å². The number of benzene rings is 1. The van der Waals surface area contributed by atoms with Crippen LogP contribution in [-0.2, 0) is 14.8 Å². The van der Waals surface area contributed by atoms with Gasteiger partial charge in [-0.1, -0.05) is 0 Å². The molecule has 0 aromatic heterocycles. The van der Waals surface area contributed by atoms with E-state index in [0.717, 1.165) is 0 Å². The Morgan fingerprint density at radius 2 is 2.12 bits per heavy atom. The second-order valence-electron chi connectivity index (χ2n) is 5.73. The predicted molar refractivity (Wildman–Crippen MR) is 91.1 cm³/mol. The van der Waals surface area contributed by atoms with Crippen molar-refractivity contribution >= 4 is 15.9 Å². The van der Waals surface area contributed by atoms with E-state index in [2.05, 4.69) is 5.32 Å². The summed E-state index contributed by atoms with van der Waals surface area (Å²) < 4.78 is 37.7. The smallest absolute Gasteiger partial charge is 0.246 e. The van der Waals surface area contributed by atoms with Crippen molar-refractivity contribution in [2.24, 2.45) is 5.92 Å². The van der Waals surface area contributed by atoms with Gasteiger partial charge in [0.2, 0.25) is 15.9 Å². The number of nitrogens with one attached hydrogen (secondary N) is 1. The van der Waals surface area contributed by atoms with E-state index in [-0.39, 0.29) is 36.2 Å². The molecule has 1 aromatic rings. The lowest BCUT2D eigenvalue weighted by Gasteiger charge is -2.31. The number of sulfonamides is 1. The highest BCUT2D eigenvalue weighted by Crippen LogP contribution is 2.32. The number of amides is 1. The molecule has 0 aliphatic carbocycles. The number of ether oxygens (including phenoxy) is 2. The van der Waals surface area contributed by atoms with Gasteiger partial charge in [0.05, 0.1) is 26.7 Å². The Kier molecular flexibility index (Phi) is 6.63. The van der Waals surface area contributed by atoms with Gasteiger partial charge >= 0.3 is 0 Å². The average Bonchev–Trinajstić information content (AvgIpc) is 2.65. The van der Waals surface area contributed by atoms with Crippen LogP contribution < -0.4 is 14.8 Å². The predicted octanol–water partition coefficient (Wildman–Crippen LogP) is 0.213. The molecule has 140 valence electrons. The Bertz CT molecular complexity index is 707. The van der Waals surface area contributed by atoms with Crippen molar-refractivity contribution < 1.29 is 27.8 Å². The number of nitrogens with zero attached hydrogens (tertiary/aromatic N) is 1. The first-order valence-corrected chi connectivity index (χ1v) is 9.48. The van der Waals surface area contributed by atoms with Crippen LogP contribution in [0.15, 0.2) is 23.1 Å². The van der Waals surface area contributed by atoms with E-state index in [9.17, 15) is 13.2 Å². The number of piperidine rings is 1. The lowest BCUT2D eigenvalue weighted by Crippen LogP contribution is -2.45. The Hall–Kier alpha value is -1.84. The SMILES string of the molecule is COc1ccc(OC)c(S(=O)(=O)N2CCC[C@H](C(=O)NCCO)C2)c1. The van der Waals surface area contributed by atoms with Crippen LogP contribution in [-0.4, -0.2) is 64.2 Å². The van der Waals surface area contributed by atoms with Gasteiger partial charge < -0.3 is 19.9 Å². The van der Waals surface area contributed by atoms with Gasteiger partial charge in [-0.25, -0.2) is 8.42 Å². The summed E-state index contributed by atoms with van der Waals surface area (Å²) >= 11 is 0. The lowest BCUT2D eigenvalue weighted by molar-refractivity contribution is -0.126. The molecule has 1 atom stereocenters. The molecule has 0 bridgehead atoms. The van der Waals surface area contributed by atoms with Gasteiger partial charge in [0.1, 0.15) is 16.4 Å². The topological polar surface area (TPSA) is 105 Å². The molecule has 0 radical (unpaired) electrons. The van der Waals surface area contributed by atoms with Gasteiger partial charge in [0, 0.05) is 25.7 Å². The summed E-state index contributed by atoms with van der Waals surface area (Å²) in [6.07, 6.45) is 1.20. The molecule has 1 fully saturated rings. The molecular weight excluding hydrogens is 348 g/mol. The molecule has 25 heavy (non-hydrogen) atoms. The molecule has 1 aliphatic rings. The van der Waals surface area contributed by atoms with Crippen molar-refractivity contribution in [3.05, 3.63) is 18.2 Å². The fourth-order valence-electron chi connectivity index (χ4n) is 2.82. The third kappa shape index (κ3) is 4.42. The van der Waals surface area contributed by atoms with E-state index < -0.39 is 15.9 Å². The van der Waals surface area contributed by atoms with E-state index in [1.165, 1.54) is 24.6 Å². The molecule has 1 saturated heterocycles. The summed E-state index contributed by atoms with van der Waals surface area (Å²) in [7, 11) is -0.961. The summed E-state index contributed by atoms with van der Waals surface area (Å²) in [6, 6.07) is 4.59. The van der Waals surface area contributed by atoms with E-state index >= 15 is 0 Å². The molecule has 9 heteroatoms. The normalized spacial score (nSPS) is 18.6. The molecule has 1 aromatic carbocycles. The number of carbonyl (C=O) groups is 1. The Balaban J connectivity index is 2.25. The Morgan fingerprint density at radius 1 is 1.36 bits per heavy atom. The van der Waals surface area contributed by atoms with Crippen molar-refractivity contribution in [3.8, 4) is 11.5 Å². The van der Waals surface area contributed by atoms with Gasteiger partial charge in [-0.2, -0.15) is 4.31 Å². The zero-order chi connectivity index (χ0) is 18.4. The first-order valence-electron chi connectivity index (χ1n) is 8.04. The summed E-state index contributed by atoms with van der Waals surface area (Å²) in [5, 5.41) is 11.4. The minimum absolute atomic E-state index is 0.0192. The highest BCUT2D eigenvalue weighted by Gasteiger charge is 2.35. The van der Waals surface area contributed by atoms with Gasteiger partial charge in [-0.05, 0) is 25.0 Å². The summed E-state index contributed by atoms with van der Waals surface area (Å²) in [5.41, 5.74) is 0. The molecular formula is C16H24N2O6S. The van der Waals surface area contributed by atoms with Crippen molar-refractivity contribution in [2.45, 2.75) is 17.7 Å². The second-order valence-corrected chi connectivity index (χ2v) is 7.64. The first kappa shape index (κ1) is 19.5. The number of carbonyl (C=O) groups excluding carboxylic acids is 1. The minimum Gasteiger partial charge on any atom is -0.497 e. The monoisotopic (exact) mass is 372 g/mol. The number of rotatable bonds is 7. The van der Waals surface area contributed by atoms with Crippen LogP contribution in [0.25, 0.3) is 0 Å². The molecule has 2 rings (SSSR count). The molecule has 1 amide bonds. The maximum atomic E-state index is 13.0. The quantitative estimate of drug-likeness (QED) is 0.709. The molecule has 0 spiro atoms. The standard InChI is InChI=1S/C16H24N2O6S/c1-23-13-5-6-14(24-2)15(10-13)25(21,22)18-8-3-4-12(11-18)16(20)17-7-9-19/h5-6,10,12,19H,3-4,7-9,11H2,1-2H3,(H,17,20)/t12-/m0/s1. The largest absolute Gasteiger partial charge is 0.497 e. The molecule has 1 aliphatic heterocycles. The van der Waals surface area contributed by atoms with E-state index in [1.54, 1.807) is 12.1 Å². The van der Waals surface area contributed by atoms with Crippen LogP contribution in [0.2, 0.25) is 0 Å². The molecule has 0 saturated carbocycles. The minimum atomic E-state index is -3.83. The van der Waals surface area contributed by atoms with Gasteiger partial charge in [0.25, 0.3) is 0 Å². The van der Waals surface area contributed by atoms with Crippen LogP contribution in [0.5, 0.6) is 11.5 Å². The molecule has 8 nitrogen and oxygen atoms in total. The van der Waals surface area contributed by atoms with Gasteiger partial charge in [-0.3, -0.25) is 4.79 Å². The van der Waals surface area contributed by atoms with Crippen molar-refractivity contribution in [2.75, 3.05) is 40.5 Å². The molecule has 1 heterocycles. The van der Waals surface area contributed by atoms with Crippen molar-refractivity contribution in [1.29, 1.82) is 0 Å². The third-order valence-corrected chi connectivity index (χ3v) is 6.04. The van der Waals surface area contributed by atoms with Crippen LogP contribution in [0.3, 0.4) is 0 Å². The fraction of sp³-hybridized carbons (Fsp3) is 0.562. The van der Waals surface area contributed by atoms with Crippen LogP contribution in [0.1, 0.15) is 12.8 Å². The number of methoxy groups -OCH3 is 2.